The highest BCUT2D eigenvalue weighted by Gasteiger charge is 2.27. The Morgan fingerprint density at radius 2 is 1.38 bits per heavy atom. The molecule has 0 radical (unpaired) electrons. The number of carbonyl (C=O) groups excluding carboxylic acids is 1. The average Bonchev–Trinajstić information content (AvgIpc) is 2.64. The number of aromatic hydroxyl groups is 1. The third kappa shape index (κ3) is 5.20. The Kier molecular flexibility index (Phi) is 6.46. The quantitative estimate of drug-likeness (QED) is 0.505. The molecule has 0 spiro atoms. The molecule has 1 N–H and O–H groups in total. The van der Waals surface area contributed by atoms with Gasteiger partial charge < -0.3 is 14.6 Å². The highest BCUT2D eigenvalue weighted by molar-refractivity contribution is 6.07. The van der Waals surface area contributed by atoms with Crippen LogP contribution >= 0.6 is 0 Å². The number of hydrogen-bond acceptors (Lipinski definition) is 4. The van der Waals surface area contributed by atoms with E-state index in [9.17, 15) is 9.90 Å². The van der Waals surface area contributed by atoms with Crippen LogP contribution in [-0.2, 0) is 10.8 Å². The Morgan fingerprint density at radius 3 is 1.83 bits per heavy atom. The summed E-state index contributed by atoms with van der Waals surface area (Å²) in [4.78, 5) is 12.9. The second kappa shape index (κ2) is 8.32. The Bertz CT molecular complexity index is 890. The Labute approximate surface area is 174 Å². The molecular weight excluding hydrogens is 364 g/mol. The minimum Gasteiger partial charge on any atom is -0.507 e. The summed E-state index contributed by atoms with van der Waals surface area (Å²) in [5.74, 6) is 1.40. The minimum atomic E-state index is -0.284. The summed E-state index contributed by atoms with van der Waals surface area (Å²) in [6.07, 6.45) is 3.30. The number of benzene rings is 2. The van der Waals surface area contributed by atoms with Crippen LogP contribution in [0.25, 0.3) is 6.08 Å². The molecule has 0 aromatic heterocycles. The van der Waals surface area contributed by atoms with Gasteiger partial charge in [0.1, 0.15) is 5.75 Å². The molecule has 0 amide bonds. The molecule has 2 aromatic rings. The molecule has 0 saturated carbocycles. The molecule has 0 fully saturated rings. The third-order valence-electron chi connectivity index (χ3n) is 4.85. The first-order valence-electron chi connectivity index (χ1n) is 9.71. The number of phenols is 1. The number of phenolic OH excluding ortho intramolecular Hbond substituents is 1. The summed E-state index contributed by atoms with van der Waals surface area (Å²) in [5, 5.41) is 10.8. The zero-order valence-electron chi connectivity index (χ0n) is 18.7. The van der Waals surface area contributed by atoms with E-state index in [4.69, 9.17) is 9.47 Å². The molecule has 0 aliphatic heterocycles. The van der Waals surface area contributed by atoms with Crippen LogP contribution in [0.15, 0.2) is 36.4 Å². The fraction of sp³-hybridized carbons (Fsp3) is 0.400. The van der Waals surface area contributed by atoms with Crippen LogP contribution in [0, 0.1) is 0 Å². The second-order valence-electron chi connectivity index (χ2n) is 9.23. The molecule has 4 nitrogen and oxygen atoms in total. The Balaban J connectivity index is 2.46. The van der Waals surface area contributed by atoms with Crippen LogP contribution in [0.2, 0.25) is 0 Å². The van der Waals surface area contributed by atoms with Crippen molar-refractivity contribution in [1.29, 1.82) is 0 Å². The van der Waals surface area contributed by atoms with E-state index in [1.54, 1.807) is 44.6 Å². The van der Waals surface area contributed by atoms with Crippen molar-refractivity contribution in [2.45, 2.75) is 52.4 Å². The van der Waals surface area contributed by atoms with Gasteiger partial charge in [-0.15, -0.1) is 0 Å². The second-order valence-corrected chi connectivity index (χ2v) is 9.23. The van der Waals surface area contributed by atoms with Crippen LogP contribution in [0.1, 0.15) is 68.6 Å². The molecule has 0 unspecified atom stereocenters. The molecule has 29 heavy (non-hydrogen) atoms. The van der Waals surface area contributed by atoms with Gasteiger partial charge in [-0.05, 0) is 46.7 Å². The normalized spacial score (nSPS) is 12.3. The van der Waals surface area contributed by atoms with Crippen LogP contribution in [0.5, 0.6) is 17.2 Å². The number of carbonyl (C=O) groups is 1. The molecule has 156 valence electrons. The standard InChI is InChI=1S/C25H32O4/c1-24(2,3)18-14-17(15-19(23(18)27)25(4,5)6)20(26)11-9-16-10-12-21(28-7)22(13-16)29-8/h9-15,27H,1-8H3/b11-9+. The number of ketones is 1. The first kappa shape index (κ1) is 22.5. The van der Waals surface area contributed by atoms with Gasteiger partial charge in [0.25, 0.3) is 0 Å². The van der Waals surface area contributed by atoms with Gasteiger partial charge in [0.05, 0.1) is 14.2 Å². The molecule has 4 heteroatoms. The van der Waals surface area contributed by atoms with Crippen LogP contribution < -0.4 is 9.47 Å². The number of rotatable bonds is 5. The lowest BCUT2D eigenvalue weighted by Gasteiger charge is -2.27. The molecule has 0 heterocycles. The van der Waals surface area contributed by atoms with Gasteiger partial charge in [-0.2, -0.15) is 0 Å². The van der Waals surface area contributed by atoms with Gasteiger partial charge in [0, 0.05) is 16.7 Å². The molecule has 0 bridgehead atoms. The van der Waals surface area contributed by atoms with Gasteiger partial charge in [0.2, 0.25) is 0 Å². The SMILES string of the molecule is COc1ccc(/C=C/C(=O)c2cc(C(C)(C)C)c(O)c(C(C)(C)C)c2)cc1OC. The molecule has 0 aliphatic rings. The minimum absolute atomic E-state index is 0.115. The summed E-state index contributed by atoms with van der Waals surface area (Å²) in [6.45, 7) is 12.2. The predicted octanol–water partition coefficient (Wildman–Crippen LogP) is 5.90. The number of hydrogen-bond donors (Lipinski definition) is 1. The Hall–Kier alpha value is -2.75. The van der Waals surface area contributed by atoms with E-state index in [1.165, 1.54) is 0 Å². The third-order valence-corrected chi connectivity index (χ3v) is 4.85. The topological polar surface area (TPSA) is 55.8 Å². The average molecular weight is 397 g/mol. The van der Waals surface area contributed by atoms with E-state index < -0.39 is 0 Å². The summed E-state index contributed by atoms with van der Waals surface area (Å²) >= 11 is 0. The van der Waals surface area contributed by atoms with Crippen molar-refractivity contribution in [2.75, 3.05) is 14.2 Å². The van der Waals surface area contributed by atoms with Gasteiger partial charge in [-0.3, -0.25) is 4.79 Å². The van der Waals surface area contributed by atoms with Gasteiger partial charge in [-0.1, -0.05) is 53.7 Å². The number of methoxy groups -OCH3 is 2. The van der Waals surface area contributed by atoms with Crippen molar-refractivity contribution in [3.63, 3.8) is 0 Å². The lowest BCUT2D eigenvalue weighted by Crippen LogP contribution is -2.18. The van der Waals surface area contributed by atoms with Crippen molar-refractivity contribution in [2.24, 2.45) is 0 Å². The maximum absolute atomic E-state index is 12.9. The van der Waals surface area contributed by atoms with E-state index in [1.807, 2.05) is 53.7 Å². The summed E-state index contributed by atoms with van der Waals surface area (Å²) < 4.78 is 10.6. The number of allylic oxidation sites excluding steroid dienone is 1. The van der Waals surface area contributed by atoms with E-state index in [0.29, 0.717) is 17.1 Å². The Morgan fingerprint density at radius 1 is 0.862 bits per heavy atom. The van der Waals surface area contributed by atoms with E-state index in [0.717, 1.165) is 16.7 Å². The van der Waals surface area contributed by atoms with Crippen molar-refractivity contribution in [3.05, 3.63) is 58.7 Å². The lowest BCUT2D eigenvalue weighted by atomic mass is 9.78. The van der Waals surface area contributed by atoms with Gasteiger partial charge >= 0.3 is 0 Å². The van der Waals surface area contributed by atoms with Crippen molar-refractivity contribution >= 4 is 11.9 Å². The van der Waals surface area contributed by atoms with E-state index >= 15 is 0 Å². The zero-order chi connectivity index (χ0) is 22.0. The summed E-state index contributed by atoms with van der Waals surface area (Å²) in [6, 6.07) is 9.08. The fourth-order valence-corrected chi connectivity index (χ4v) is 3.14. The van der Waals surface area contributed by atoms with Crippen LogP contribution in [-0.4, -0.2) is 25.1 Å². The van der Waals surface area contributed by atoms with Crippen LogP contribution in [0.3, 0.4) is 0 Å². The van der Waals surface area contributed by atoms with Crippen molar-refractivity contribution in [3.8, 4) is 17.2 Å². The maximum atomic E-state index is 12.9. The first-order chi connectivity index (χ1) is 13.4. The van der Waals surface area contributed by atoms with Gasteiger partial charge in [-0.25, -0.2) is 0 Å². The van der Waals surface area contributed by atoms with Gasteiger partial charge in [0.15, 0.2) is 17.3 Å². The molecular formula is C25H32O4. The van der Waals surface area contributed by atoms with E-state index in [-0.39, 0.29) is 22.4 Å². The molecule has 2 aromatic carbocycles. The zero-order valence-corrected chi connectivity index (χ0v) is 18.7. The molecule has 2 rings (SSSR count). The first-order valence-corrected chi connectivity index (χ1v) is 9.71. The lowest BCUT2D eigenvalue weighted by molar-refractivity contribution is 0.104. The van der Waals surface area contributed by atoms with E-state index in [2.05, 4.69) is 0 Å². The largest absolute Gasteiger partial charge is 0.507 e. The smallest absolute Gasteiger partial charge is 0.185 e. The monoisotopic (exact) mass is 396 g/mol. The number of ether oxygens (including phenoxy) is 2. The maximum Gasteiger partial charge on any atom is 0.185 e. The fourth-order valence-electron chi connectivity index (χ4n) is 3.14. The summed E-state index contributed by atoms with van der Waals surface area (Å²) in [7, 11) is 3.16. The summed E-state index contributed by atoms with van der Waals surface area (Å²) in [5.41, 5.74) is 2.37. The highest BCUT2D eigenvalue weighted by atomic mass is 16.5. The van der Waals surface area contributed by atoms with Crippen LogP contribution in [0.4, 0.5) is 0 Å². The molecule has 0 saturated heterocycles. The molecule has 0 aliphatic carbocycles. The molecule has 0 atom stereocenters. The predicted molar refractivity (Wildman–Crippen MR) is 118 cm³/mol. The highest BCUT2D eigenvalue weighted by Crippen LogP contribution is 2.40. The van der Waals surface area contributed by atoms with Crippen molar-refractivity contribution in [1.82, 2.24) is 0 Å². The van der Waals surface area contributed by atoms with Crippen molar-refractivity contribution < 1.29 is 19.4 Å².